The lowest BCUT2D eigenvalue weighted by atomic mass is 10.2. The van der Waals surface area contributed by atoms with Gasteiger partial charge in [0.2, 0.25) is 0 Å². The molecular formula is C21H21N5O. The summed E-state index contributed by atoms with van der Waals surface area (Å²) < 4.78 is 5.35. The zero-order chi connectivity index (χ0) is 18.2. The number of rotatable bonds is 3. The Morgan fingerprint density at radius 3 is 2.59 bits per heavy atom. The van der Waals surface area contributed by atoms with Crippen LogP contribution in [0.1, 0.15) is 0 Å². The quantitative estimate of drug-likeness (QED) is 0.607. The molecule has 1 aliphatic heterocycles. The first kappa shape index (κ1) is 15.9. The lowest BCUT2D eigenvalue weighted by Crippen LogP contribution is -2.47. The van der Waals surface area contributed by atoms with Gasteiger partial charge in [0.05, 0.1) is 7.11 Å². The summed E-state index contributed by atoms with van der Waals surface area (Å²) >= 11 is 0. The summed E-state index contributed by atoms with van der Waals surface area (Å²) in [6.07, 6.45) is 1.67. The average Bonchev–Trinajstić information content (AvgIpc) is 3.13. The second kappa shape index (κ2) is 6.46. The SMILES string of the molecule is COc1cccc(N2CCN(c3ncnc4c3[nH]c3ccccc34)CC2)c1. The fraction of sp³-hybridized carbons (Fsp3) is 0.238. The van der Waals surface area contributed by atoms with E-state index in [-0.39, 0.29) is 0 Å². The predicted octanol–water partition coefficient (Wildman–Crippen LogP) is 3.45. The van der Waals surface area contributed by atoms with Gasteiger partial charge in [-0.1, -0.05) is 24.3 Å². The Morgan fingerprint density at radius 2 is 1.74 bits per heavy atom. The average molecular weight is 359 g/mol. The first-order valence-corrected chi connectivity index (χ1v) is 9.19. The van der Waals surface area contributed by atoms with Gasteiger partial charge in [-0.05, 0) is 18.2 Å². The fourth-order valence-electron chi connectivity index (χ4n) is 3.85. The van der Waals surface area contributed by atoms with Crippen LogP contribution in [0.25, 0.3) is 21.9 Å². The second-order valence-electron chi connectivity index (χ2n) is 6.77. The van der Waals surface area contributed by atoms with Crippen molar-refractivity contribution in [2.75, 3.05) is 43.1 Å². The van der Waals surface area contributed by atoms with Crippen LogP contribution in [0.3, 0.4) is 0 Å². The van der Waals surface area contributed by atoms with Crippen LogP contribution in [0.2, 0.25) is 0 Å². The molecule has 4 aromatic rings. The highest BCUT2D eigenvalue weighted by atomic mass is 16.5. The number of nitrogens with one attached hydrogen (secondary N) is 1. The topological polar surface area (TPSA) is 57.3 Å². The van der Waals surface area contributed by atoms with E-state index < -0.39 is 0 Å². The van der Waals surface area contributed by atoms with Gasteiger partial charge < -0.3 is 19.5 Å². The fourth-order valence-corrected chi connectivity index (χ4v) is 3.85. The summed E-state index contributed by atoms with van der Waals surface area (Å²) in [7, 11) is 1.71. The summed E-state index contributed by atoms with van der Waals surface area (Å²) in [5.41, 5.74) is 4.32. The van der Waals surface area contributed by atoms with E-state index in [1.165, 1.54) is 5.69 Å². The van der Waals surface area contributed by atoms with Crippen LogP contribution in [0.5, 0.6) is 5.75 Å². The predicted molar refractivity (Wildman–Crippen MR) is 109 cm³/mol. The number of nitrogens with zero attached hydrogens (tertiary/aromatic N) is 4. The molecule has 0 bridgehead atoms. The molecular weight excluding hydrogens is 338 g/mol. The number of aromatic nitrogens is 3. The van der Waals surface area contributed by atoms with Crippen LogP contribution in [-0.4, -0.2) is 48.2 Å². The lowest BCUT2D eigenvalue weighted by molar-refractivity contribution is 0.414. The van der Waals surface area contributed by atoms with Crippen molar-refractivity contribution in [3.63, 3.8) is 0 Å². The van der Waals surface area contributed by atoms with Crippen LogP contribution < -0.4 is 14.5 Å². The first-order valence-electron chi connectivity index (χ1n) is 9.19. The molecule has 1 saturated heterocycles. The third-order valence-electron chi connectivity index (χ3n) is 5.27. The molecule has 1 aliphatic rings. The van der Waals surface area contributed by atoms with Crippen molar-refractivity contribution < 1.29 is 4.74 Å². The first-order chi connectivity index (χ1) is 13.3. The molecule has 2 aromatic carbocycles. The van der Waals surface area contributed by atoms with Crippen molar-refractivity contribution in [2.24, 2.45) is 0 Å². The Morgan fingerprint density at radius 1 is 0.926 bits per heavy atom. The number of benzene rings is 2. The van der Waals surface area contributed by atoms with Crippen molar-refractivity contribution in [3.05, 3.63) is 54.9 Å². The molecule has 1 fully saturated rings. The number of para-hydroxylation sites is 1. The number of methoxy groups -OCH3 is 1. The van der Waals surface area contributed by atoms with Crippen molar-refractivity contribution in [1.29, 1.82) is 0 Å². The molecule has 6 nitrogen and oxygen atoms in total. The molecule has 136 valence electrons. The smallest absolute Gasteiger partial charge is 0.156 e. The van der Waals surface area contributed by atoms with E-state index >= 15 is 0 Å². The van der Waals surface area contributed by atoms with Crippen molar-refractivity contribution in [2.45, 2.75) is 0 Å². The second-order valence-corrected chi connectivity index (χ2v) is 6.77. The van der Waals surface area contributed by atoms with E-state index in [9.17, 15) is 0 Å². The minimum atomic E-state index is 0.894. The summed E-state index contributed by atoms with van der Waals surface area (Å²) in [6.45, 7) is 3.72. The van der Waals surface area contributed by atoms with Crippen LogP contribution in [-0.2, 0) is 0 Å². The molecule has 6 heteroatoms. The Bertz CT molecular complexity index is 1100. The number of H-pyrrole nitrogens is 1. The van der Waals surface area contributed by atoms with Gasteiger partial charge in [0.15, 0.2) is 5.82 Å². The Labute approximate surface area is 157 Å². The number of piperazine rings is 1. The maximum absolute atomic E-state index is 5.35. The van der Waals surface area contributed by atoms with E-state index in [1.807, 2.05) is 24.3 Å². The number of aromatic amines is 1. The third-order valence-corrected chi connectivity index (χ3v) is 5.27. The number of fused-ring (bicyclic) bond motifs is 3. The molecule has 0 aliphatic carbocycles. The maximum atomic E-state index is 5.35. The number of hydrogen-bond donors (Lipinski definition) is 1. The molecule has 3 heterocycles. The molecule has 27 heavy (non-hydrogen) atoms. The summed E-state index contributed by atoms with van der Waals surface area (Å²) in [6, 6.07) is 16.5. The van der Waals surface area contributed by atoms with Gasteiger partial charge in [0.1, 0.15) is 23.1 Å². The van der Waals surface area contributed by atoms with Gasteiger partial charge in [-0.2, -0.15) is 0 Å². The largest absolute Gasteiger partial charge is 0.497 e. The zero-order valence-corrected chi connectivity index (χ0v) is 15.2. The van der Waals surface area contributed by atoms with Crippen LogP contribution >= 0.6 is 0 Å². The highest BCUT2D eigenvalue weighted by Gasteiger charge is 2.21. The normalized spacial score (nSPS) is 14.9. The summed E-state index contributed by atoms with van der Waals surface area (Å²) in [5.74, 6) is 1.88. The Kier molecular flexibility index (Phi) is 3.81. The molecule has 0 radical (unpaired) electrons. The molecule has 0 spiro atoms. The van der Waals surface area contributed by atoms with Crippen LogP contribution in [0.15, 0.2) is 54.9 Å². The molecule has 1 N–H and O–H groups in total. The van der Waals surface area contributed by atoms with Gasteiger partial charge in [-0.15, -0.1) is 0 Å². The molecule has 2 aromatic heterocycles. The minimum Gasteiger partial charge on any atom is -0.497 e. The molecule has 5 rings (SSSR count). The highest BCUT2D eigenvalue weighted by molar-refractivity contribution is 6.08. The zero-order valence-electron chi connectivity index (χ0n) is 15.2. The van der Waals surface area contributed by atoms with Crippen molar-refractivity contribution >= 4 is 33.4 Å². The van der Waals surface area contributed by atoms with Gasteiger partial charge in [-0.3, -0.25) is 0 Å². The summed E-state index contributed by atoms with van der Waals surface area (Å²) in [4.78, 5) is 17.3. The number of anilines is 2. The monoisotopic (exact) mass is 359 g/mol. The van der Waals surface area contributed by atoms with Crippen LogP contribution in [0.4, 0.5) is 11.5 Å². The number of ether oxygens (including phenoxy) is 1. The van der Waals surface area contributed by atoms with E-state index in [2.05, 4.69) is 49.0 Å². The number of hydrogen-bond acceptors (Lipinski definition) is 5. The van der Waals surface area contributed by atoms with E-state index in [1.54, 1.807) is 13.4 Å². The Balaban J connectivity index is 1.42. The molecule has 0 atom stereocenters. The highest BCUT2D eigenvalue weighted by Crippen LogP contribution is 2.30. The van der Waals surface area contributed by atoms with Crippen LogP contribution in [0, 0.1) is 0 Å². The minimum absolute atomic E-state index is 0.894. The van der Waals surface area contributed by atoms with Crippen molar-refractivity contribution in [1.82, 2.24) is 15.0 Å². The molecule has 0 saturated carbocycles. The summed E-state index contributed by atoms with van der Waals surface area (Å²) in [5, 5.41) is 1.14. The van der Waals surface area contributed by atoms with Gasteiger partial charge in [-0.25, -0.2) is 9.97 Å². The lowest BCUT2D eigenvalue weighted by Gasteiger charge is -2.36. The van der Waals surface area contributed by atoms with E-state index in [4.69, 9.17) is 4.74 Å². The standard InChI is InChI=1S/C21H21N5O/c1-27-16-6-4-5-15(13-16)25-9-11-26(12-10-25)21-20-19(22-14-23-21)17-7-2-3-8-18(17)24-20/h2-8,13-14,24H,9-12H2,1H3. The third kappa shape index (κ3) is 2.73. The molecule has 0 unspecified atom stereocenters. The maximum Gasteiger partial charge on any atom is 0.156 e. The van der Waals surface area contributed by atoms with E-state index in [0.717, 1.165) is 59.7 Å². The molecule has 0 amide bonds. The van der Waals surface area contributed by atoms with E-state index in [0.29, 0.717) is 0 Å². The van der Waals surface area contributed by atoms with Gasteiger partial charge in [0, 0.05) is 48.8 Å². The van der Waals surface area contributed by atoms with Gasteiger partial charge in [0.25, 0.3) is 0 Å². The van der Waals surface area contributed by atoms with Gasteiger partial charge >= 0.3 is 0 Å². The van der Waals surface area contributed by atoms with Crippen molar-refractivity contribution in [3.8, 4) is 5.75 Å². The Hall–Kier alpha value is -3.28.